The number of hydrogen-bond acceptors (Lipinski definition) is 3. The van der Waals surface area contributed by atoms with Crippen molar-refractivity contribution in [2.75, 3.05) is 0 Å². The Bertz CT molecular complexity index is 366. The van der Waals surface area contributed by atoms with Crippen molar-refractivity contribution in [3.8, 4) is 0 Å². The molecule has 0 fully saturated rings. The lowest BCUT2D eigenvalue weighted by molar-refractivity contribution is -0.385. The van der Waals surface area contributed by atoms with Crippen LogP contribution >= 0.6 is 15.9 Å². The highest BCUT2D eigenvalue weighted by atomic mass is 79.9. The number of aryl methyl sites for hydroxylation is 1. The molecule has 0 amide bonds. The molecule has 0 saturated carbocycles. The molecule has 0 spiro atoms. The summed E-state index contributed by atoms with van der Waals surface area (Å²) in [5.74, 6) is 0. The second kappa shape index (κ2) is 5.23. The molecule has 2 N–H and O–H groups in total. The minimum Gasteiger partial charge on any atom is -0.328 e. The van der Waals surface area contributed by atoms with E-state index in [1.807, 2.05) is 13.0 Å². The van der Waals surface area contributed by atoms with Crippen LogP contribution in [0.15, 0.2) is 22.7 Å². The van der Waals surface area contributed by atoms with Gasteiger partial charge in [0.05, 0.1) is 9.40 Å². The summed E-state index contributed by atoms with van der Waals surface area (Å²) in [7, 11) is 0. The van der Waals surface area contributed by atoms with Crippen LogP contribution in [0.3, 0.4) is 0 Å². The molecule has 4 nitrogen and oxygen atoms in total. The van der Waals surface area contributed by atoms with Gasteiger partial charge in [-0.1, -0.05) is 6.07 Å². The van der Waals surface area contributed by atoms with Crippen molar-refractivity contribution in [1.82, 2.24) is 0 Å². The maximum Gasteiger partial charge on any atom is 0.283 e. The molecule has 1 unspecified atom stereocenters. The van der Waals surface area contributed by atoms with Crippen molar-refractivity contribution in [2.45, 2.75) is 25.8 Å². The van der Waals surface area contributed by atoms with Gasteiger partial charge in [-0.05, 0) is 47.3 Å². The average molecular weight is 273 g/mol. The highest BCUT2D eigenvalue weighted by Gasteiger charge is 2.12. The molecule has 5 heteroatoms. The second-order valence-electron chi connectivity index (χ2n) is 3.56. The molecule has 0 bridgehead atoms. The fourth-order valence-corrected chi connectivity index (χ4v) is 1.64. The van der Waals surface area contributed by atoms with E-state index in [1.165, 1.54) is 0 Å². The highest BCUT2D eigenvalue weighted by Crippen LogP contribution is 2.26. The summed E-state index contributed by atoms with van der Waals surface area (Å²) in [6.45, 7) is 1.92. The maximum absolute atomic E-state index is 10.7. The Morgan fingerprint density at radius 2 is 2.27 bits per heavy atom. The maximum atomic E-state index is 10.7. The van der Waals surface area contributed by atoms with Gasteiger partial charge in [-0.2, -0.15) is 0 Å². The van der Waals surface area contributed by atoms with Crippen LogP contribution in [0.25, 0.3) is 0 Å². The van der Waals surface area contributed by atoms with Crippen molar-refractivity contribution in [3.05, 3.63) is 38.3 Å². The van der Waals surface area contributed by atoms with E-state index in [9.17, 15) is 10.1 Å². The molecule has 0 heterocycles. The van der Waals surface area contributed by atoms with Gasteiger partial charge in [0.15, 0.2) is 0 Å². The minimum absolute atomic E-state index is 0.108. The summed E-state index contributed by atoms with van der Waals surface area (Å²) >= 11 is 3.14. The van der Waals surface area contributed by atoms with E-state index in [4.69, 9.17) is 5.73 Å². The molecule has 0 radical (unpaired) electrons. The molecule has 1 atom stereocenters. The van der Waals surface area contributed by atoms with Gasteiger partial charge in [0.1, 0.15) is 0 Å². The summed E-state index contributed by atoms with van der Waals surface area (Å²) in [6.07, 6.45) is 1.60. The van der Waals surface area contributed by atoms with Crippen molar-refractivity contribution >= 4 is 21.6 Å². The summed E-state index contributed by atoms with van der Waals surface area (Å²) in [6, 6.07) is 5.29. The van der Waals surface area contributed by atoms with Crippen LogP contribution in [0.1, 0.15) is 18.9 Å². The van der Waals surface area contributed by atoms with E-state index in [0.29, 0.717) is 4.47 Å². The Balaban J connectivity index is 2.83. The van der Waals surface area contributed by atoms with E-state index < -0.39 is 0 Å². The molecule has 15 heavy (non-hydrogen) atoms. The normalized spacial score (nSPS) is 12.5. The zero-order valence-electron chi connectivity index (χ0n) is 8.44. The number of nitrogens with zero attached hydrogens (tertiary/aromatic N) is 1. The molecule has 0 aromatic heterocycles. The Morgan fingerprint density at radius 3 is 2.80 bits per heavy atom. The van der Waals surface area contributed by atoms with Gasteiger partial charge in [0, 0.05) is 12.1 Å². The molecular formula is C10H13BrN2O2. The lowest BCUT2D eigenvalue weighted by atomic mass is 10.1. The zero-order valence-corrected chi connectivity index (χ0v) is 10.0. The third kappa shape index (κ3) is 3.60. The highest BCUT2D eigenvalue weighted by molar-refractivity contribution is 9.10. The van der Waals surface area contributed by atoms with Crippen LogP contribution in [-0.4, -0.2) is 11.0 Å². The molecular weight excluding hydrogens is 260 g/mol. The Labute approximate surface area is 96.8 Å². The van der Waals surface area contributed by atoms with Gasteiger partial charge in [-0.15, -0.1) is 0 Å². The number of nitro benzene ring substituents is 1. The summed E-state index contributed by atoms with van der Waals surface area (Å²) in [4.78, 5) is 10.3. The van der Waals surface area contributed by atoms with E-state index in [-0.39, 0.29) is 16.7 Å². The largest absolute Gasteiger partial charge is 0.328 e. The van der Waals surface area contributed by atoms with Crippen molar-refractivity contribution < 1.29 is 4.92 Å². The first kappa shape index (κ1) is 12.1. The van der Waals surface area contributed by atoms with Gasteiger partial charge < -0.3 is 5.73 Å². The fraction of sp³-hybridized carbons (Fsp3) is 0.400. The lowest BCUT2D eigenvalue weighted by Crippen LogP contribution is -2.15. The second-order valence-corrected chi connectivity index (χ2v) is 4.41. The summed E-state index contributed by atoms with van der Waals surface area (Å²) in [5.41, 5.74) is 6.68. The van der Waals surface area contributed by atoms with Gasteiger partial charge in [-0.25, -0.2) is 0 Å². The van der Waals surface area contributed by atoms with Gasteiger partial charge in [0.2, 0.25) is 0 Å². The SMILES string of the molecule is CC(N)CCc1ccc(Br)c([N+](=O)[O-])c1. The molecule has 1 aromatic carbocycles. The van der Waals surface area contributed by atoms with Crippen LogP contribution in [0.2, 0.25) is 0 Å². The number of nitro groups is 1. The summed E-state index contributed by atoms with van der Waals surface area (Å²) in [5, 5.41) is 10.7. The van der Waals surface area contributed by atoms with E-state index >= 15 is 0 Å². The topological polar surface area (TPSA) is 69.2 Å². The molecule has 82 valence electrons. The quantitative estimate of drug-likeness (QED) is 0.677. The molecule has 0 aliphatic rings. The van der Waals surface area contributed by atoms with Gasteiger partial charge in [-0.3, -0.25) is 10.1 Å². The Hall–Kier alpha value is -0.940. The van der Waals surface area contributed by atoms with Crippen molar-refractivity contribution in [1.29, 1.82) is 0 Å². The summed E-state index contributed by atoms with van der Waals surface area (Å²) < 4.78 is 0.511. The number of benzene rings is 1. The first-order valence-corrected chi connectivity index (χ1v) is 5.48. The van der Waals surface area contributed by atoms with Crippen LogP contribution in [0, 0.1) is 10.1 Å². The zero-order chi connectivity index (χ0) is 11.4. The fourth-order valence-electron chi connectivity index (χ4n) is 1.25. The van der Waals surface area contributed by atoms with Gasteiger partial charge >= 0.3 is 0 Å². The predicted octanol–water partition coefficient (Wildman–Crippen LogP) is 2.64. The molecule has 1 rings (SSSR count). The first-order chi connectivity index (χ1) is 7.00. The first-order valence-electron chi connectivity index (χ1n) is 4.69. The predicted molar refractivity (Wildman–Crippen MR) is 62.8 cm³/mol. The number of halogens is 1. The smallest absolute Gasteiger partial charge is 0.283 e. The van der Waals surface area contributed by atoms with Crippen molar-refractivity contribution in [2.24, 2.45) is 5.73 Å². The van der Waals surface area contributed by atoms with Crippen LogP contribution < -0.4 is 5.73 Å². The minimum atomic E-state index is -0.389. The third-order valence-electron chi connectivity index (χ3n) is 2.10. The monoisotopic (exact) mass is 272 g/mol. The number of rotatable bonds is 4. The average Bonchev–Trinajstić information content (AvgIpc) is 2.16. The van der Waals surface area contributed by atoms with Gasteiger partial charge in [0.25, 0.3) is 5.69 Å². The van der Waals surface area contributed by atoms with Crippen LogP contribution in [0.4, 0.5) is 5.69 Å². The molecule has 0 aliphatic carbocycles. The van der Waals surface area contributed by atoms with Crippen LogP contribution in [0.5, 0.6) is 0 Å². The number of nitrogens with two attached hydrogens (primary N) is 1. The van der Waals surface area contributed by atoms with Crippen LogP contribution in [-0.2, 0) is 6.42 Å². The molecule has 0 saturated heterocycles. The third-order valence-corrected chi connectivity index (χ3v) is 2.77. The standard InChI is InChI=1S/C10H13BrN2O2/c1-7(12)2-3-8-4-5-9(11)10(6-8)13(14)15/h4-7H,2-3,12H2,1H3. The Morgan fingerprint density at radius 1 is 1.60 bits per heavy atom. The Kier molecular flexibility index (Phi) is 4.23. The van der Waals surface area contributed by atoms with E-state index in [2.05, 4.69) is 15.9 Å². The number of hydrogen-bond donors (Lipinski definition) is 1. The molecule has 0 aliphatic heterocycles. The van der Waals surface area contributed by atoms with E-state index in [1.54, 1.807) is 12.1 Å². The lowest BCUT2D eigenvalue weighted by Gasteiger charge is -2.05. The molecule has 1 aromatic rings. The van der Waals surface area contributed by atoms with E-state index in [0.717, 1.165) is 18.4 Å². The van der Waals surface area contributed by atoms with Crippen molar-refractivity contribution in [3.63, 3.8) is 0 Å².